The fraction of sp³-hybridized carbons (Fsp3) is 0.333. The number of rotatable bonds is 3. The predicted molar refractivity (Wildman–Crippen MR) is 74.2 cm³/mol. The molecule has 0 saturated heterocycles. The van der Waals surface area contributed by atoms with Gasteiger partial charge in [-0.25, -0.2) is 0 Å². The minimum Gasteiger partial charge on any atom is -0.358 e. The normalized spacial score (nSPS) is 9.59. The zero-order chi connectivity index (χ0) is 12.8. The minimum absolute atomic E-state index is 0.102. The van der Waals surface area contributed by atoms with Crippen molar-refractivity contribution >= 4 is 28.9 Å². The monoisotopic (exact) mass is 251 g/mol. The smallest absolute Gasteiger partial charge is 0.239 e. The molecule has 3 N–H and O–H groups in total. The summed E-state index contributed by atoms with van der Waals surface area (Å²) in [5.74, 6) is -0.102. The summed E-state index contributed by atoms with van der Waals surface area (Å²) in [7, 11) is 1.59. The van der Waals surface area contributed by atoms with Gasteiger partial charge in [-0.2, -0.15) is 0 Å². The number of hydrogen-bond donors (Lipinski definition) is 3. The first-order chi connectivity index (χ1) is 8.01. The number of amides is 1. The number of thiocarbonyl (C=S) groups is 1. The zero-order valence-corrected chi connectivity index (χ0v) is 11.1. The molecule has 4 nitrogen and oxygen atoms in total. The maximum absolute atomic E-state index is 11.0. The summed E-state index contributed by atoms with van der Waals surface area (Å²) in [5, 5.41) is 8.83. The van der Waals surface area contributed by atoms with E-state index >= 15 is 0 Å². The van der Waals surface area contributed by atoms with E-state index in [0.29, 0.717) is 5.11 Å². The molecule has 0 aliphatic rings. The second kappa shape index (κ2) is 6.20. The van der Waals surface area contributed by atoms with Crippen LogP contribution in [-0.4, -0.2) is 24.6 Å². The van der Waals surface area contributed by atoms with E-state index in [4.69, 9.17) is 12.2 Å². The molecule has 0 bridgehead atoms. The number of anilines is 1. The summed E-state index contributed by atoms with van der Waals surface area (Å²) in [5.41, 5.74) is 3.26. The Hall–Kier alpha value is -1.62. The average molecular weight is 251 g/mol. The number of nitrogens with one attached hydrogen (secondary N) is 3. The van der Waals surface area contributed by atoms with Gasteiger partial charge in [-0.1, -0.05) is 6.07 Å². The van der Waals surface area contributed by atoms with Crippen molar-refractivity contribution in [3.05, 3.63) is 29.3 Å². The number of carbonyl (C=O) groups excluding carboxylic acids is 1. The van der Waals surface area contributed by atoms with Crippen molar-refractivity contribution in [2.24, 2.45) is 0 Å². The summed E-state index contributed by atoms with van der Waals surface area (Å²) < 4.78 is 0. The van der Waals surface area contributed by atoms with E-state index in [2.05, 4.69) is 22.0 Å². The molecule has 92 valence electrons. The minimum atomic E-state index is -0.102. The van der Waals surface area contributed by atoms with Crippen LogP contribution in [0.3, 0.4) is 0 Å². The van der Waals surface area contributed by atoms with Crippen LogP contribution in [0.25, 0.3) is 0 Å². The Bertz CT molecular complexity index is 412. The quantitative estimate of drug-likeness (QED) is 0.710. The molecule has 0 unspecified atom stereocenters. The Balaban J connectivity index is 2.53. The second-order valence-corrected chi connectivity index (χ2v) is 4.27. The van der Waals surface area contributed by atoms with Crippen LogP contribution in [0.5, 0.6) is 0 Å². The number of benzene rings is 1. The van der Waals surface area contributed by atoms with Crippen LogP contribution < -0.4 is 16.0 Å². The maximum atomic E-state index is 11.0. The molecule has 1 rings (SSSR count). The Labute approximate surface area is 107 Å². The average Bonchev–Trinajstić information content (AvgIpc) is 2.24. The topological polar surface area (TPSA) is 53.2 Å². The van der Waals surface area contributed by atoms with Gasteiger partial charge in [0, 0.05) is 12.7 Å². The molecule has 0 aliphatic carbocycles. The summed E-state index contributed by atoms with van der Waals surface area (Å²) in [4.78, 5) is 11.0. The van der Waals surface area contributed by atoms with Crippen molar-refractivity contribution in [1.82, 2.24) is 10.6 Å². The number of likely N-dealkylation sites (N-methyl/N-ethyl adjacent to an activating group) is 1. The molecule has 0 heterocycles. The van der Waals surface area contributed by atoms with Crippen molar-refractivity contribution in [2.75, 3.05) is 18.9 Å². The molecule has 5 heteroatoms. The van der Waals surface area contributed by atoms with E-state index in [1.807, 2.05) is 26.0 Å². The number of aryl methyl sites for hydroxylation is 2. The van der Waals surface area contributed by atoms with Crippen molar-refractivity contribution in [3.8, 4) is 0 Å². The largest absolute Gasteiger partial charge is 0.358 e. The molecule has 1 amide bonds. The molecule has 0 saturated carbocycles. The third-order valence-electron chi connectivity index (χ3n) is 2.17. The number of hydrogen-bond acceptors (Lipinski definition) is 2. The van der Waals surface area contributed by atoms with Crippen LogP contribution in [-0.2, 0) is 4.79 Å². The standard InChI is InChI=1S/C12H17N3OS/c1-8-4-9(2)6-10(5-8)15-12(17)14-7-11(16)13-3/h4-6H,7H2,1-3H3,(H,13,16)(H2,14,15,17). The molecule has 0 atom stereocenters. The lowest BCUT2D eigenvalue weighted by Gasteiger charge is -2.11. The highest BCUT2D eigenvalue weighted by molar-refractivity contribution is 7.80. The Morgan fingerprint density at radius 1 is 1.24 bits per heavy atom. The van der Waals surface area contributed by atoms with E-state index in [1.54, 1.807) is 7.05 Å². The van der Waals surface area contributed by atoms with Gasteiger partial charge in [0.2, 0.25) is 5.91 Å². The highest BCUT2D eigenvalue weighted by Gasteiger charge is 2.01. The lowest BCUT2D eigenvalue weighted by atomic mass is 10.1. The molecule has 1 aromatic rings. The van der Waals surface area contributed by atoms with Gasteiger partial charge in [-0.05, 0) is 49.3 Å². The second-order valence-electron chi connectivity index (χ2n) is 3.86. The first-order valence-corrected chi connectivity index (χ1v) is 5.76. The molecule has 1 aromatic carbocycles. The number of carbonyl (C=O) groups is 1. The Kier molecular flexibility index (Phi) is 4.90. The summed E-state index contributed by atoms with van der Waals surface area (Å²) in [6, 6.07) is 6.09. The van der Waals surface area contributed by atoms with Gasteiger partial charge in [-0.3, -0.25) is 4.79 Å². The molecule has 0 aliphatic heterocycles. The maximum Gasteiger partial charge on any atom is 0.239 e. The van der Waals surface area contributed by atoms with Gasteiger partial charge in [0.25, 0.3) is 0 Å². The van der Waals surface area contributed by atoms with E-state index < -0.39 is 0 Å². The van der Waals surface area contributed by atoms with Crippen LogP contribution in [0.1, 0.15) is 11.1 Å². The molecule has 17 heavy (non-hydrogen) atoms. The molecular formula is C12H17N3OS. The summed E-state index contributed by atoms with van der Waals surface area (Å²) >= 11 is 5.09. The molecule has 0 fully saturated rings. The molecular weight excluding hydrogens is 234 g/mol. The van der Waals surface area contributed by atoms with Gasteiger partial charge in [0.1, 0.15) is 0 Å². The van der Waals surface area contributed by atoms with Gasteiger partial charge >= 0.3 is 0 Å². The van der Waals surface area contributed by atoms with Crippen LogP contribution in [0, 0.1) is 13.8 Å². The van der Waals surface area contributed by atoms with E-state index in [1.165, 1.54) is 11.1 Å². The summed E-state index contributed by atoms with van der Waals surface area (Å²) in [6.45, 7) is 4.23. The zero-order valence-electron chi connectivity index (χ0n) is 10.3. The van der Waals surface area contributed by atoms with Crippen LogP contribution in [0.2, 0.25) is 0 Å². The van der Waals surface area contributed by atoms with Crippen molar-refractivity contribution in [3.63, 3.8) is 0 Å². The van der Waals surface area contributed by atoms with Crippen molar-refractivity contribution < 1.29 is 4.79 Å². The summed E-state index contributed by atoms with van der Waals surface area (Å²) in [6.07, 6.45) is 0. The van der Waals surface area contributed by atoms with E-state index in [0.717, 1.165) is 5.69 Å². The highest BCUT2D eigenvalue weighted by atomic mass is 32.1. The lowest BCUT2D eigenvalue weighted by Crippen LogP contribution is -2.37. The molecule has 0 radical (unpaired) electrons. The van der Waals surface area contributed by atoms with E-state index in [-0.39, 0.29) is 12.5 Å². The van der Waals surface area contributed by atoms with Gasteiger partial charge in [0.05, 0.1) is 6.54 Å². The van der Waals surface area contributed by atoms with Crippen molar-refractivity contribution in [2.45, 2.75) is 13.8 Å². The van der Waals surface area contributed by atoms with Crippen LogP contribution in [0.15, 0.2) is 18.2 Å². The van der Waals surface area contributed by atoms with Crippen LogP contribution in [0.4, 0.5) is 5.69 Å². The van der Waals surface area contributed by atoms with Gasteiger partial charge in [-0.15, -0.1) is 0 Å². The SMILES string of the molecule is CNC(=O)CNC(=S)Nc1cc(C)cc(C)c1. The fourth-order valence-corrected chi connectivity index (χ4v) is 1.66. The highest BCUT2D eigenvalue weighted by Crippen LogP contribution is 2.13. The molecule has 0 spiro atoms. The first kappa shape index (κ1) is 13.4. The molecule has 0 aromatic heterocycles. The Morgan fingerprint density at radius 2 is 1.82 bits per heavy atom. The lowest BCUT2D eigenvalue weighted by molar-refractivity contribution is -0.119. The van der Waals surface area contributed by atoms with E-state index in [9.17, 15) is 4.79 Å². The van der Waals surface area contributed by atoms with Gasteiger partial charge in [0.15, 0.2) is 5.11 Å². The fourth-order valence-electron chi connectivity index (χ4n) is 1.47. The van der Waals surface area contributed by atoms with Crippen LogP contribution >= 0.6 is 12.2 Å². The first-order valence-electron chi connectivity index (χ1n) is 5.35. The predicted octanol–water partition coefficient (Wildman–Crippen LogP) is 1.34. The van der Waals surface area contributed by atoms with Gasteiger partial charge < -0.3 is 16.0 Å². The third kappa shape index (κ3) is 4.82. The third-order valence-corrected chi connectivity index (χ3v) is 2.41. The Morgan fingerprint density at radius 3 is 2.35 bits per heavy atom. The van der Waals surface area contributed by atoms with Crippen molar-refractivity contribution in [1.29, 1.82) is 0 Å².